The Morgan fingerprint density at radius 3 is 2.55 bits per heavy atom. The van der Waals surface area contributed by atoms with Crippen LogP contribution in [0, 0.1) is 6.92 Å². The van der Waals surface area contributed by atoms with E-state index in [0.29, 0.717) is 10.9 Å². The molecule has 0 unspecified atom stereocenters. The summed E-state index contributed by atoms with van der Waals surface area (Å²) in [6, 6.07) is 0. The van der Waals surface area contributed by atoms with E-state index in [-0.39, 0.29) is 5.56 Å². The molecule has 9 heteroatoms. The lowest BCUT2D eigenvalue weighted by Crippen LogP contribution is -2.42. The fourth-order valence-corrected chi connectivity index (χ4v) is 2.27. The normalized spacial score (nSPS) is 28.4. The molecule has 2 heterocycles. The first-order chi connectivity index (χ1) is 10.4. The van der Waals surface area contributed by atoms with E-state index in [0.717, 1.165) is 16.8 Å². The Morgan fingerprint density at radius 2 is 2.00 bits per heavy atom. The highest BCUT2D eigenvalue weighted by Crippen LogP contribution is 2.27. The third kappa shape index (κ3) is 2.66. The molecule has 9 nitrogen and oxygen atoms in total. The molecule has 3 N–H and O–H groups in total. The summed E-state index contributed by atoms with van der Waals surface area (Å²) >= 11 is 0. The zero-order valence-electron chi connectivity index (χ0n) is 11.7. The third-order valence-corrected chi connectivity index (χ3v) is 3.42. The van der Waals surface area contributed by atoms with Crippen molar-refractivity contribution in [1.29, 1.82) is 0 Å². The van der Waals surface area contributed by atoms with Crippen LogP contribution in [0.1, 0.15) is 11.8 Å². The van der Waals surface area contributed by atoms with Gasteiger partial charge in [0.2, 0.25) is 0 Å². The number of aldehydes is 1. The molecule has 1 aliphatic rings. The van der Waals surface area contributed by atoms with E-state index in [9.17, 15) is 24.6 Å². The minimum Gasteiger partial charge on any atom is -0.394 e. The van der Waals surface area contributed by atoms with Gasteiger partial charge in [0.15, 0.2) is 6.23 Å². The van der Waals surface area contributed by atoms with Crippen LogP contribution in [-0.2, 0) is 9.53 Å². The van der Waals surface area contributed by atoms with E-state index in [1.807, 2.05) is 0 Å². The number of aryl methyl sites for hydroxylation is 1. The van der Waals surface area contributed by atoms with Gasteiger partial charge in [-0.3, -0.25) is 14.2 Å². The number of rotatable bonds is 4. The van der Waals surface area contributed by atoms with Crippen LogP contribution in [0.2, 0.25) is 0 Å². The second-order valence-electron chi connectivity index (χ2n) is 4.88. The zero-order chi connectivity index (χ0) is 16.4. The number of aliphatic hydroxyl groups excluding tert-OH is 3. The molecular weight excluding hydrogens is 296 g/mol. The van der Waals surface area contributed by atoms with Crippen LogP contribution >= 0.6 is 0 Å². The van der Waals surface area contributed by atoms with Gasteiger partial charge in [0.05, 0.1) is 6.61 Å². The van der Waals surface area contributed by atoms with Crippen molar-refractivity contribution in [3.8, 4) is 0 Å². The molecule has 1 saturated heterocycles. The highest BCUT2D eigenvalue weighted by molar-refractivity contribution is 5.69. The standard InChI is InChI=1S/C13H16N2O7/c1-7-5-15(12-10(19)9(18)8(6-17)22-12)13(21)14(11(7)20)3-2-4-16/h2-5,8-10,12,17-19H,6H2,1H3/b3-2+/t8-,9-,10-,12-/m1/s1. The Labute approximate surface area is 124 Å². The Hall–Kier alpha value is -2.07. The quantitative estimate of drug-likeness (QED) is 0.417. The molecule has 0 bridgehead atoms. The molecular formula is C13H16N2O7. The number of carbonyl (C=O) groups is 1. The third-order valence-electron chi connectivity index (χ3n) is 3.42. The first kappa shape index (κ1) is 16.3. The smallest absolute Gasteiger partial charge is 0.337 e. The summed E-state index contributed by atoms with van der Waals surface area (Å²) in [5.74, 6) is 0. The van der Waals surface area contributed by atoms with E-state index >= 15 is 0 Å². The monoisotopic (exact) mass is 312 g/mol. The number of aromatic nitrogens is 2. The molecule has 4 atom stereocenters. The second kappa shape index (κ2) is 6.36. The van der Waals surface area contributed by atoms with Crippen LogP contribution in [0.4, 0.5) is 0 Å². The van der Waals surface area contributed by atoms with E-state index < -0.39 is 42.4 Å². The van der Waals surface area contributed by atoms with Crippen LogP contribution in [0.3, 0.4) is 0 Å². The molecule has 0 amide bonds. The predicted molar refractivity (Wildman–Crippen MR) is 74.1 cm³/mol. The van der Waals surface area contributed by atoms with Gasteiger partial charge in [0.25, 0.3) is 5.56 Å². The van der Waals surface area contributed by atoms with Crippen molar-refractivity contribution in [3.05, 3.63) is 38.7 Å². The molecule has 1 aromatic heterocycles. The van der Waals surface area contributed by atoms with Gasteiger partial charge in [-0.15, -0.1) is 0 Å². The van der Waals surface area contributed by atoms with E-state index in [2.05, 4.69) is 0 Å². The number of nitrogens with zero attached hydrogens (tertiary/aromatic N) is 2. The van der Waals surface area contributed by atoms with Crippen LogP contribution in [-0.4, -0.2) is 55.7 Å². The number of allylic oxidation sites excluding steroid dienone is 1. The number of hydrogen-bond donors (Lipinski definition) is 3. The molecule has 0 aromatic carbocycles. The Bertz CT molecular complexity index is 705. The van der Waals surface area contributed by atoms with Gasteiger partial charge in [0.1, 0.15) is 24.6 Å². The lowest BCUT2D eigenvalue weighted by atomic mass is 10.1. The molecule has 22 heavy (non-hydrogen) atoms. The molecule has 0 spiro atoms. The van der Waals surface area contributed by atoms with Crippen LogP contribution in [0.25, 0.3) is 6.20 Å². The minimum atomic E-state index is -1.45. The number of aliphatic hydroxyl groups is 3. The van der Waals surface area contributed by atoms with E-state index in [1.54, 1.807) is 0 Å². The average molecular weight is 312 g/mol. The number of hydrogen-bond acceptors (Lipinski definition) is 7. The van der Waals surface area contributed by atoms with Gasteiger partial charge in [-0.2, -0.15) is 0 Å². The highest BCUT2D eigenvalue weighted by atomic mass is 16.6. The fraction of sp³-hybridized carbons (Fsp3) is 0.462. The topological polar surface area (TPSA) is 131 Å². The Morgan fingerprint density at radius 1 is 1.32 bits per heavy atom. The second-order valence-corrected chi connectivity index (χ2v) is 4.88. The molecule has 2 rings (SSSR count). The molecule has 1 aromatic rings. The lowest BCUT2D eigenvalue weighted by Gasteiger charge is -2.18. The van der Waals surface area contributed by atoms with Gasteiger partial charge in [-0.1, -0.05) is 0 Å². The van der Waals surface area contributed by atoms with Crippen molar-refractivity contribution >= 4 is 12.5 Å². The summed E-state index contributed by atoms with van der Waals surface area (Å²) in [7, 11) is 0. The molecule has 0 aliphatic carbocycles. The van der Waals surface area contributed by atoms with E-state index in [1.165, 1.54) is 13.1 Å². The van der Waals surface area contributed by atoms with Crippen molar-refractivity contribution in [2.75, 3.05) is 6.61 Å². The van der Waals surface area contributed by atoms with Crippen LogP contribution < -0.4 is 11.2 Å². The van der Waals surface area contributed by atoms with Crippen molar-refractivity contribution in [2.24, 2.45) is 0 Å². The largest absolute Gasteiger partial charge is 0.394 e. The molecule has 0 saturated carbocycles. The summed E-state index contributed by atoms with van der Waals surface area (Å²) in [5, 5.41) is 28.8. The first-order valence-corrected chi connectivity index (χ1v) is 6.51. The van der Waals surface area contributed by atoms with Gasteiger partial charge in [-0.05, 0) is 13.0 Å². The van der Waals surface area contributed by atoms with Gasteiger partial charge in [0, 0.05) is 18.0 Å². The minimum absolute atomic E-state index is 0.174. The summed E-state index contributed by atoms with van der Waals surface area (Å²) < 4.78 is 6.89. The fourth-order valence-electron chi connectivity index (χ4n) is 2.27. The summed E-state index contributed by atoms with van der Waals surface area (Å²) in [6.45, 7) is 0.915. The van der Waals surface area contributed by atoms with Crippen molar-refractivity contribution < 1.29 is 24.9 Å². The van der Waals surface area contributed by atoms with Crippen molar-refractivity contribution in [2.45, 2.75) is 31.5 Å². The van der Waals surface area contributed by atoms with Crippen molar-refractivity contribution in [1.82, 2.24) is 9.13 Å². The van der Waals surface area contributed by atoms with Gasteiger partial charge >= 0.3 is 5.69 Å². The van der Waals surface area contributed by atoms with Gasteiger partial charge in [-0.25, -0.2) is 9.36 Å². The zero-order valence-corrected chi connectivity index (χ0v) is 11.7. The maximum atomic E-state index is 12.3. The SMILES string of the molecule is Cc1cn([C@@H]2O[C@H](CO)[C@@H](O)[C@H]2O)c(=O)n(/C=C/C=O)c1=O. The number of carbonyl (C=O) groups excluding carboxylic acids is 1. The number of ether oxygens (including phenoxy) is 1. The average Bonchev–Trinajstić information content (AvgIpc) is 2.79. The molecule has 120 valence electrons. The van der Waals surface area contributed by atoms with Gasteiger partial charge < -0.3 is 20.1 Å². The van der Waals surface area contributed by atoms with Crippen LogP contribution in [0.5, 0.6) is 0 Å². The summed E-state index contributed by atoms with van der Waals surface area (Å²) in [6.07, 6.45) is -1.54. The van der Waals surface area contributed by atoms with Crippen molar-refractivity contribution in [3.63, 3.8) is 0 Å². The lowest BCUT2D eigenvalue weighted by molar-refractivity contribution is -0.104. The maximum Gasteiger partial charge on any atom is 0.337 e. The summed E-state index contributed by atoms with van der Waals surface area (Å²) in [5.41, 5.74) is -1.29. The first-order valence-electron chi connectivity index (χ1n) is 6.51. The maximum absolute atomic E-state index is 12.3. The molecule has 1 fully saturated rings. The van der Waals surface area contributed by atoms with Crippen LogP contribution in [0.15, 0.2) is 21.9 Å². The Balaban J connectivity index is 2.55. The van der Waals surface area contributed by atoms with E-state index in [4.69, 9.17) is 9.84 Å². The molecule has 1 aliphatic heterocycles. The molecule has 0 radical (unpaired) electrons. The highest BCUT2D eigenvalue weighted by Gasteiger charge is 2.43. The predicted octanol–water partition coefficient (Wildman–Crippen LogP) is -2.40. The Kier molecular flexibility index (Phi) is 4.71. The summed E-state index contributed by atoms with van der Waals surface area (Å²) in [4.78, 5) is 34.6.